The van der Waals surface area contributed by atoms with Crippen molar-refractivity contribution in [1.29, 1.82) is 0 Å². The number of rotatable bonds is 9. The third kappa shape index (κ3) is 6.63. The summed E-state index contributed by atoms with van der Waals surface area (Å²) >= 11 is 0. The monoisotopic (exact) mass is 614 g/mol. The number of hydrogen-bond donors (Lipinski definition) is 0. The summed E-state index contributed by atoms with van der Waals surface area (Å²) in [5.41, 5.74) is 0.384. The zero-order valence-corrected chi connectivity index (χ0v) is 24.7. The SMILES string of the molecule is C=C1C=C(C)c2cc(F)c(OC3(C(=O)OC)OC([C@H](OC(C)=O)[C@@H](CC)OC(C)=O)C(C)C(OC(C)=O)C3F)c(F)c2O1. The van der Waals surface area contributed by atoms with E-state index in [2.05, 4.69) is 6.58 Å². The summed E-state index contributed by atoms with van der Waals surface area (Å²) in [6.07, 6.45) is -7.56. The predicted molar refractivity (Wildman–Crippen MR) is 141 cm³/mol. The molecule has 2 heterocycles. The summed E-state index contributed by atoms with van der Waals surface area (Å²) in [5, 5.41) is 0. The van der Waals surface area contributed by atoms with E-state index >= 15 is 13.2 Å². The van der Waals surface area contributed by atoms with Crippen LogP contribution in [0.3, 0.4) is 0 Å². The molecule has 1 aromatic carbocycles. The van der Waals surface area contributed by atoms with Gasteiger partial charge in [-0.2, -0.15) is 4.39 Å². The molecule has 1 fully saturated rings. The van der Waals surface area contributed by atoms with E-state index in [1.54, 1.807) is 13.8 Å². The van der Waals surface area contributed by atoms with E-state index in [-0.39, 0.29) is 17.7 Å². The zero-order chi connectivity index (χ0) is 32.4. The molecule has 0 spiro atoms. The Balaban J connectivity index is 2.26. The van der Waals surface area contributed by atoms with Gasteiger partial charge in [0.05, 0.1) is 7.11 Å². The second-order valence-corrected chi connectivity index (χ2v) is 10.1. The van der Waals surface area contributed by atoms with Gasteiger partial charge in [-0.3, -0.25) is 14.4 Å². The molecule has 1 saturated heterocycles. The Morgan fingerprint density at radius 1 is 1.09 bits per heavy atom. The number of benzene rings is 1. The van der Waals surface area contributed by atoms with Crippen LogP contribution < -0.4 is 9.47 Å². The largest absolute Gasteiger partial charge is 0.464 e. The average Bonchev–Trinajstić information content (AvgIpc) is 2.92. The molecule has 2 aliphatic rings. The van der Waals surface area contributed by atoms with E-state index in [0.29, 0.717) is 5.57 Å². The van der Waals surface area contributed by atoms with Gasteiger partial charge in [0, 0.05) is 32.3 Å². The van der Waals surface area contributed by atoms with Crippen LogP contribution in [0.1, 0.15) is 53.5 Å². The van der Waals surface area contributed by atoms with E-state index in [0.717, 1.165) is 33.9 Å². The maximum atomic E-state index is 16.5. The Morgan fingerprint density at radius 3 is 2.26 bits per heavy atom. The van der Waals surface area contributed by atoms with Crippen LogP contribution in [0.2, 0.25) is 0 Å². The van der Waals surface area contributed by atoms with Crippen molar-refractivity contribution in [2.75, 3.05) is 7.11 Å². The lowest BCUT2D eigenvalue weighted by molar-refractivity contribution is -0.320. The summed E-state index contributed by atoms with van der Waals surface area (Å²) in [6.45, 7) is 11.2. The molecule has 0 saturated carbocycles. The van der Waals surface area contributed by atoms with E-state index in [4.69, 9.17) is 33.2 Å². The van der Waals surface area contributed by atoms with Gasteiger partial charge >= 0.3 is 29.7 Å². The minimum Gasteiger partial charge on any atom is -0.464 e. The molecule has 0 amide bonds. The number of carbonyl (C=O) groups excluding carboxylic acids is 4. The number of esters is 4. The summed E-state index contributed by atoms with van der Waals surface area (Å²) in [5.74, 6) is -13.5. The smallest absolute Gasteiger partial charge is 0.382 e. The second kappa shape index (κ2) is 13.1. The first-order valence-electron chi connectivity index (χ1n) is 13.3. The van der Waals surface area contributed by atoms with Gasteiger partial charge in [0.1, 0.15) is 24.1 Å². The number of fused-ring (bicyclic) bond motifs is 1. The van der Waals surface area contributed by atoms with Crippen LogP contribution in [-0.2, 0) is 42.9 Å². The number of ether oxygens (including phenoxy) is 7. The molecule has 1 aromatic rings. The minimum atomic E-state index is -3.34. The third-order valence-corrected chi connectivity index (χ3v) is 6.90. The van der Waals surface area contributed by atoms with Gasteiger partial charge in [0.2, 0.25) is 12.0 Å². The fourth-order valence-electron chi connectivity index (χ4n) is 5.04. The molecule has 43 heavy (non-hydrogen) atoms. The fourth-order valence-corrected chi connectivity index (χ4v) is 5.04. The van der Waals surface area contributed by atoms with Crippen molar-refractivity contribution >= 4 is 29.5 Å². The first kappa shape index (κ1) is 33.4. The highest BCUT2D eigenvalue weighted by Gasteiger charge is 2.66. The van der Waals surface area contributed by atoms with Crippen LogP contribution in [-0.4, -0.2) is 67.4 Å². The van der Waals surface area contributed by atoms with Crippen LogP contribution in [0.25, 0.3) is 5.57 Å². The second-order valence-electron chi connectivity index (χ2n) is 10.1. The molecule has 7 atom stereocenters. The lowest BCUT2D eigenvalue weighted by Gasteiger charge is -2.49. The highest BCUT2D eigenvalue weighted by Crippen LogP contribution is 2.46. The van der Waals surface area contributed by atoms with Crippen LogP contribution in [0.5, 0.6) is 11.5 Å². The molecule has 0 aliphatic carbocycles. The summed E-state index contributed by atoms with van der Waals surface area (Å²) in [6, 6.07) is 0.839. The third-order valence-electron chi connectivity index (χ3n) is 6.90. The molecular formula is C29H33F3O11. The Hall–Kier alpha value is -4.07. The van der Waals surface area contributed by atoms with Crippen LogP contribution >= 0.6 is 0 Å². The van der Waals surface area contributed by atoms with Crippen molar-refractivity contribution in [2.45, 2.75) is 84.3 Å². The number of halogens is 3. The number of allylic oxidation sites excluding steroid dienone is 2. The maximum absolute atomic E-state index is 16.5. The van der Waals surface area contributed by atoms with E-state index in [9.17, 15) is 19.2 Å². The number of carbonyl (C=O) groups is 4. The van der Waals surface area contributed by atoms with Crippen molar-refractivity contribution in [1.82, 2.24) is 0 Å². The molecule has 0 bridgehead atoms. The quantitative estimate of drug-likeness (QED) is 0.294. The van der Waals surface area contributed by atoms with Gasteiger partial charge in [0.15, 0.2) is 23.4 Å². The summed E-state index contributed by atoms with van der Waals surface area (Å²) < 4.78 is 85.1. The molecular weight excluding hydrogens is 581 g/mol. The Labute approximate surface area is 245 Å². The van der Waals surface area contributed by atoms with Crippen molar-refractivity contribution < 1.29 is 65.5 Å². The fraction of sp³-hybridized carbons (Fsp3) is 0.517. The first-order valence-corrected chi connectivity index (χ1v) is 13.3. The Kier molecular flexibility index (Phi) is 10.2. The maximum Gasteiger partial charge on any atom is 0.382 e. The first-order chi connectivity index (χ1) is 20.1. The molecule has 14 heteroatoms. The average molecular weight is 615 g/mol. The Bertz CT molecular complexity index is 1340. The van der Waals surface area contributed by atoms with E-state index in [1.165, 1.54) is 13.0 Å². The molecule has 11 nitrogen and oxygen atoms in total. The van der Waals surface area contributed by atoms with Crippen molar-refractivity contribution in [3.05, 3.63) is 41.7 Å². The molecule has 0 aromatic heterocycles. The van der Waals surface area contributed by atoms with Gasteiger partial charge in [-0.25, -0.2) is 13.6 Å². The lowest BCUT2D eigenvalue weighted by Crippen LogP contribution is -2.70. The number of hydrogen-bond acceptors (Lipinski definition) is 11. The zero-order valence-electron chi connectivity index (χ0n) is 24.7. The van der Waals surface area contributed by atoms with Crippen molar-refractivity contribution in [3.8, 4) is 11.5 Å². The number of methoxy groups -OCH3 is 1. The van der Waals surface area contributed by atoms with Gasteiger partial charge in [-0.1, -0.05) is 20.4 Å². The van der Waals surface area contributed by atoms with Gasteiger partial charge in [-0.15, -0.1) is 0 Å². The van der Waals surface area contributed by atoms with Gasteiger partial charge in [-0.05, 0) is 31.1 Å². The molecule has 5 unspecified atom stereocenters. The van der Waals surface area contributed by atoms with E-state index in [1.807, 2.05) is 0 Å². The Morgan fingerprint density at radius 2 is 1.72 bits per heavy atom. The summed E-state index contributed by atoms with van der Waals surface area (Å²) in [7, 11) is 0.829. The van der Waals surface area contributed by atoms with Crippen molar-refractivity contribution in [2.24, 2.45) is 5.92 Å². The summed E-state index contributed by atoms with van der Waals surface area (Å²) in [4.78, 5) is 49.3. The van der Waals surface area contributed by atoms with Crippen LogP contribution in [0.15, 0.2) is 24.5 Å². The lowest BCUT2D eigenvalue weighted by atomic mass is 9.82. The molecule has 3 rings (SSSR count). The predicted octanol–water partition coefficient (Wildman–Crippen LogP) is 4.10. The minimum absolute atomic E-state index is 0.00499. The van der Waals surface area contributed by atoms with E-state index < -0.39 is 89.3 Å². The molecule has 236 valence electrons. The van der Waals surface area contributed by atoms with Crippen LogP contribution in [0, 0.1) is 17.6 Å². The van der Waals surface area contributed by atoms with Crippen LogP contribution in [0.4, 0.5) is 13.2 Å². The highest BCUT2D eigenvalue weighted by atomic mass is 19.1. The highest BCUT2D eigenvalue weighted by molar-refractivity contribution is 5.80. The molecule has 2 aliphatic heterocycles. The van der Waals surface area contributed by atoms with Gasteiger partial charge < -0.3 is 33.2 Å². The normalized spacial score (nSPS) is 26.1. The van der Waals surface area contributed by atoms with Crippen molar-refractivity contribution in [3.63, 3.8) is 0 Å². The molecule has 0 radical (unpaired) electrons. The number of alkyl halides is 1. The standard InChI is InChI=1S/C29H33F3O11/c1-9-20(39-15(5)33)26(41-17(7)35)22-14(4)23(40-16(6)34)27(32)29(42-22,28(36)37-8)43-25-19(30)11-18-12(2)10-13(3)38-24(18)21(25)31/h10-11,14,20,22-23,26-27H,3,9H2,1-2,4-8H3/t14?,20-,22?,23?,26-,27?,29?/m1/s1. The molecule has 0 N–H and O–H groups in total. The van der Waals surface area contributed by atoms with Gasteiger partial charge in [0.25, 0.3) is 0 Å². The topological polar surface area (TPSA) is 133 Å².